The van der Waals surface area contributed by atoms with Crippen LogP contribution in [-0.2, 0) is 16.6 Å². The highest BCUT2D eigenvalue weighted by molar-refractivity contribution is 7.99. The number of benzene rings is 2. The lowest BCUT2D eigenvalue weighted by atomic mass is 9.69. The molecular weight excluding hydrogens is 470 g/mol. The van der Waals surface area contributed by atoms with Crippen molar-refractivity contribution in [2.24, 2.45) is 0 Å². The van der Waals surface area contributed by atoms with Gasteiger partial charge in [-0.3, -0.25) is 9.59 Å². The quantitative estimate of drug-likeness (QED) is 0.382. The number of anilines is 1. The van der Waals surface area contributed by atoms with Gasteiger partial charge in [-0.1, -0.05) is 67.5 Å². The average molecular weight is 494 g/mol. The molecule has 0 saturated heterocycles. The predicted molar refractivity (Wildman–Crippen MR) is 136 cm³/mol. The molecule has 5 rings (SSSR count). The minimum Gasteiger partial charge on any atom is -0.325 e. The van der Waals surface area contributed by atoms with Gasteiger partial charge in [-0.2, -0.15) is 0 Å². The largest absolute Gasteiger partial charge is 0.325 e. The maximum absolute atomic E-state index is 13.8. The predicted octanol–water partition coefficient (Wildman–Crippen LogP) is 5.00. The lowest BCUT2D eigenvalue weighted by molar-refractivity contribution is -0.113. The van der Waals surface area contributed by atoms with Crippen LogP contribution in [0, 0.1) is 6.92 Å². The Morgan fingerprint density at radius 3 is 2.88 bits per heavy atom. The minimum atomic E-state index is -0.338. The molecule has 0 saturated carbocycles. The molecule has 1 atom stereocenters. The monoisotopic (exact) mass is 493 g/mol. The SMILES string of the molecule is CC[C@]1(C)Cc2ccccc2-c2nc3[nH]nc(SCC(=O)Nc4cc(Cl)ccc4C)n3c(=O)c21. The second-order valence-corrected chi connectivity index (χ2v) is 10.2. The second-order valence-electron chi connectivity index (χ2n) is 8.85. The molecule has 1 aliphatic carbocycles. The van der Waals surface area contributed by atoms with Crippen LogP contribution < -0.4 is 10.9 Å². The van der Waals surface area contributed by atoms with E-state index in [1.54, 1.807) is 12.1 Å². The first kappa shape index (κ1) is 22.7. The van der Waals surface area contributed by atoms with Crippen LogP contribution in [0.5, 0.6) is 0 Å². The van der Waals surface area contributed by atoms with Gasteiger partial charge < -0.3 is 5.32 Å². The number of aryl methyl sites for hydroxylation is 1. The fourth-order valence-corrected chi connectivity index (χ4v) is 5.43. The number of aromatic nitrogens is 4. The first-order valence-corrected chi connectivity index (χ1v) is 12.5. The summed E-state index contributed by atoms with van der Waals surface area (Å²) in [4.78, 5) is 31.2. The Kier molecular flexibility index (Phi) is 5.73. The molecule has 7 nitrogen and oxygen atoms in total. The van der Waals surface area contributed by atoms with E-state index in [0.29, 0.717) is 32.9 Å². The molecule has 0 unspecified atom stereocenters. The highest BCUT2D eigenvalue weighted by atomic mass is 35.5. The summed E-state index contributed by atoms with van der Waals surface area (Å²) in [6.45, 7) is 6.11. The number of amides is 1. The molecule has 1 amide bonds. The van der Waals surface area contributed by atoms with E-state index in [2.05, 4.69) is 35.4 Å². The third-order valence-corrected chi connectivity index (χ3v) is 7.74. The Balaban J connectivity index is 1.49. The minimum absolute atomic E-state index is 0.0866. The van der Waals surface area contributed by atoms with Crippen molar-refractivity contribution in [2.75, 3.05) is 11.1 Å². The van der Waals surface area contributed by atoms with Crippen molar-refractivity contribution in [3.05, 3.63) is 74.5 Å². The summed E-state index contributed by atoms with van der Waals surface area (Å²) in [5.74, 6) is 0.244. The molecule has 2 heterocycles. The smallest absolute Gasteiger partial charge is 0.265 e. The number of thioether (sulfide) groups is 1. The van der Waals surface area contributed by atoms with Crippen molar-refractivity contribution < 1.29 is 4.79 Å². The van der Waals surface area contributed by atoms with Crippen LogP contribution in [0.1, 0.15) is 37.0 Å². The number of nitrogens with zero attached hydrogens (tertiary/aromatic N) is 3. The molecule has 34 heavy (non-hydrogen) atoms. The second kappa shape index (κ2) is 8.60. The third-order valence-electron chi connectivity index (χ3n) is 6.57. The highest BCUT2D eigenvalue weighted by Crippen LogP contribution is 2.42. The molecule has 2 aromatic heterocycles. The van der Waals surface area contributed by atoms with Crippen molar-refractivity contribution >= 4 is 40.7 Å². The lowest BCUT2D eigenvalue weighted by Crippen LogP contribution is -2.37. The topological polar surface area (TPSA) is 92.2 Å². The molecule has 2 aromatic carbocycles. The standard InChI is InChI=1S/C25H24ClN5O2S/c1-4-25(3)12-15-7-5-6-8-17(15)21-20(25)22(33)31-23(28-21)29-30-24(31)34-13-19(32)27-18-11-16(26)10-9-14(18)2/h5-11H,4,12-13H2,1-3H3,(H,27,32)(H,28,29)/t25-/m1/s1. The Morgan fingerprint density at radius 2 is 2.09 bits per heavy atom. The van der Waals surface area contributed by atoms with Crippen molar-refractivity contribution in [1.82, 2.24) is 19.6 Å². The molecule has 174 valence electrons. The summed E-state index contributed by atoms with van der Waals surface area (Å²) < 4.78 is 1.49. The Labute approximate surface area is 206 Å². The van der Waals surface area contributed by atoms with Crippen molar-refractivity contribution in [1.29, 1.82) is 0 Å². The number of hydrogen-bond acceptors (Lipinski definition) is 5. The molecule has 1 aliphatic rings. The number of H-pyrrole nitrogens is 1. The fourth-order valence-electron chi connectivity index (χ4n) is 4.52. The van der Waals surface area contributed by atoms with Crippen LogP contribution in [0.25, 0.3) is 17.0 Å². The van der Waals surface area contributed by atoms with Gasteiger partial charge in [0.15, 0.2) is 5.16 Å². The van der Waals surface area contributed by atoms with Crippen LogP contribution in [0.15, 0.2) is 52.4 Å². The fraction of sp³-hybridized carbons (Fsp3) is 0.280. The average Bonchev–Trinajstić information content (AvgIpc) is 3.23. The number of fused-ring (bicyclic) bond motifs is 4. The van der Waals surface area contributed by atoms with Gasteiger partial charge in [-0.25, -0.2) is 14.5 Å². The van der Waals surface area contributed by atoms with E-state index in [1.165, 1.54) is 21.7 Å². The van der Waals surface area contributed by atoms with Crippen molar-refractivity contribution in [2.45, 2.75) is 44.2 Å². The van der Waals surface area contributed by atoms with E-state index < -0.39 is 0 Å². The summed E-state index contributed by atoms with van der Waals surface area (Å²) in [5, 5.41) is 11.0. The van der Waals surface area contributed by atoms with Gasteiger partial charge in [-0.05, 0) is 43.0 Å². The molecule has 0 aliphatic heterocycles. The number of hydrogen-bond donors (Lipinski definition) is 2. The van der Waals surface area contributed by atoms with Gasteiger partial charge in [0.2, 0.25) is 11.7 Å². The zero-order chi connectivity index (χ0) is 24.0. The first-order chi connectivity index (χ1) is 16.3. The molecule has 2 N–H and O–H groups in total. The van der Waals surface area contributed by atoms with Gasteiger partial charge >= 0.3 is 0 Å². The van der Waals surface area contributed by atoms with E-state index in [9.17, 15) is 9.59 Å². The van der Waals surface area contributed by atoms with Gasteiger partial charge in [0, 0.05) is 21.7 Å². The van der Waals surface area contributed by atoms with Crippen LogP contribution in [-0.4, -0.2) is 31.2 Å². The maximum Gasteiger partial charge on any atom is 0.265 e. The summed E-state index contributed by atoms with van der Waals surface area (Å²) in [7, 11) is 0. The summed E-state index contributed by atoms with van der Waals surface area (Å²) in [5.41, 5.74) is 4.70. The summed E-state index contributed by atoms with van der Waals surface area (Å²) in [6, 6.07) is 13.4. The van der Waals surface area contributed by atoms with E-state index in [1.807, 2.05) is 31.2 Å². The molecule has 0 radical (unpaired) electrons. The number of carbonyl (C=O) groups excluding carboxylic acids is 1. The number of rotatable bonds is 5. The van der Waals surface area contributed by atoms with E-state index in [4.69, 9.17) is 16.6 Å². The van der Waals surface area contributed by atoms with Crippen LogP contribution in [0.3, 0.4) is 0 Å². The van der Waals surface area contributed by atoms with Crippen LogP contribution in [0.4, 0.5) is 5.69 Å². The van der Waals surface area contributed by atoms with Crippen molar-refractivity contribution in [3.8, 4) is 11.3 Å². The third kappa shape index (κ3) is 3.80. The Bertz CT molecular complexity index is 1490. The van der Waals surface area contributed by atoms with Crippen molar-refractivity contribution in [3.63, 3.8) is 0 Å². The Hall–Kier alpha value is -3.10. The van der Waals surface area contributed by atoms with Gasteiger partial charge in [0.1, 0.15) is 0 Å². The van der Waals surface area contributed by atoms with Gasteiger partial charge in [-0.15, -0.1) is 5.10 Å². The van der Waals surface area contributed by atoms with Gasteiger partial charge in [0.25, 0.3) is 5.56 Å². The molecule has 0 fully saturated rings. The van der Waals surface area contributed by atoms with Gasteiger partial charge in [0.05, 0.1) is 17.0 Å². The highest BCUT2D eigenvalue weighted by Gasteiger charge is 2.38. The van der Waals surface area contributed by atoms with Crippen LogP contribution >= 0.6 is 23.4 Å². The lowest BCUT2D eigenvalue weighted by Gasteiger charge is -2.34. The van der Waals surface area contributed by atoms with E-state index in [0.717, 1.165) is 24.0 Å². The van der Waals surface area contributed by atoms with Crippen LogP contribution in [0.2, 0.25) is 5.02 Å². The summed E-state index contributed by atoms with van der Waals surface area (Å²) in [6.07, 6.45) is 1.58. The summed E-state index contributed by atoms with van der Waals surface area (Å²) >= 11 is 7.24. The number of carbonyl (C=O) groups is 1. The number of aromatic amines is 1. The first-order valence-electron chi connectivity index (χ1n) is 11.1. The molecule has 0 bridgehead atoms. The van der Waals surface area contributed by atoms with E-state index >= 15 is 0 Å². The number of nitrogens with one attached hydrogen (secondary N) is 2. The normalized spacial score (nSPS) is 16.8. The zero-order valence-corrected chi connectivity index (χ0v) is 20.7. The molecule has 0 spiro atoms. The Morgan fingerprint density at radius 1 is 1.29 bits per heavy atom. The molecule has 4 aromatic rings. The maximum atomic E-state index is 13.8. The molecule has 9 heteroatoms. The molecular formula is C25H24ClN5O2S. The zero-order valence-electron chi connectivity index (χ0n) is 19.1. The van der Waals surface area contributed by atoms with E-state index in [-0.39, 0.29) is 22.6 Å². The number of halogens is 1.